The lowest BCUT2D eigenvalue weighted by Crippen LogP contribution is -2.35. The van der Waals surface area contributed by atoms with Gasteiger partial charge in [0.05, 0.1) is 18.2 Å². The molecule has 0 aliphatic carbocycles. The molecule has 1 fully saturated rings. The molecule has 1 saturated heterocycles. The summed E-state index contributed by atoms with van der Waals surface area (Å²) in [5, 5.41) is 11.4. The van der Waals surface area contributed by atoms with Gasteiger partial charge in [0, 0.05) is 25.1 Å². The maximum Gasteiger partial charge on any atom is 0.295 e. The molecule has 4 rings (SSSR count). The van der Waals surface area contributed by atoms with Gasteiger partial charge in [-0.25, -0.2) is 0 Å². The molecule has 2 aromatic carbocycles. The third-order valence-corrected chi connectivity index (χ3v) is 6.69. The van der Waals surface area contributed by atoms with Crippen molar-refractivity contribution in [1.82, 2.24) is 9.80 Å². The Bertz CT molecular complexity index is 1160. The number of carbonyl (C=O) groups is 2. The van der Waals surface area contributed by atoms with Gasteiger partial charge < -0.3 is 24.4 Å². The number of fused-ring (bicyclic) bond motifs is 1. The van der Waals surface area contributed by atoms with E-state index in [1.807, 2.05) is 62.3 Å². The minimum Gasteiger partial charge on any atom is -0.507 e. The zero-order valence-electron chi connectivity index (χ0n) is 21.6. The average Bonchev–Trinajstić information content (AvgIpc) is 3.35. The van der Waals surface area contributed by atoms with Crippen LogP contribution in [-0.2, 0) is 16.0 Å². The van der Waals surface area contributed by atoms with E-state index in [1.165, 1.54) is 0 Å². The summed E-state index contributed by atoms with van der Waals surface area (Å²) >= 11 is 0. The Balaban J connectivity index is 1.74. The highest BCUT2D eigenvalue weighted by Gasteiger charge is 2.46. The van der Waals surface area contributed by atoms with Gasteiger partial charge >= 0.3 is 0 Å². The molecule has 0 radical (unpaired) electrons. The Morgan fingerprint density at radius 1 is 1.17 bits per heavy atom. The largest absolute Gasteiger partial charge is 0.507 e. The molecule has 1 amide bonds. The first kappa shape index (κ1) is 25.8. The number of nitrogens with zero attached hydrogens (tertiary/aromatic N) is 2. The number of amides is 1. The standard InChI is InChI=1S/C29H36N2O5/c1-5-6-7-15-35-23-10-8-9-20(18-23)26-25(28(33)29(34)31(26)14-13-30(3)4)27(32)21-11-12-24-22(17-21)16-19(2)36-24/h8-12,17-19,26,32H,5-7,13-16H2,1-4H3/t19-,26+/m1/s1. The number of unbranched alkanes of at least 4 members (excludes halogenated alkanes) is 2. The molecule has 192 valence electrons. The van der Waals surface area contributed by atoms with Crippen LogP contribution in [0.15, 0.2) is 48.0 Å². The first-order chi connectivity index (χ1) is 17.3. The molecule has 36 heavy (non-hydrogen) atoms. The smallest absolute Gasteiger partial charge is 0.295 e. The highest BCUT2D eigenvalue weighted by Crippen LogP contribution is 2.41. The van der Waals surface area contributed by atoms with Gasteiger partial charge in [0.15, 0.2) is 0 Å². The normalized spacial score (nSPS) is 20.6. The van der Waals surface area contributed by atoms with Crippen LogP contribution in [0.4, 0.5) is 0 Å². The first-order valence-corrected chi connectivity index (χ1v) is 12.8. The molecule has 0 bridgehead atoms. The van der Waals surface area contributed by atoms with Crippen molar-refractivity contribution in [3.63, 3.8) is 0 Å². The Labute approximate surface area is 213 Å². The maximum atomic E-state index is 13.3. The zero-order valence-corrected chi connectivity index (χ0v) is 21.6. The number of likely N-dealkylation sites (N-methyl/N-ethyl adjacent to an activating group) is 1. The number of aliphatic hydroxyl groups excluding tert-OH is 1. The lowest BCUT2D eigenvalue weighted by atomic mass is 9.94. The SMILES string of the molecule is CCCCCOc1cccc([C@H]2C(=C(O)c3ccc4c(c3)C[C@@H](C)O4)C(=O)C(=O)N2CCN(C)C)c1. The van der Waals surface area contributed by atoms with E-state index in [2.05, 4.69) is 6.92 Å². The van der Waals surface area contributed by atoms with Crippen molar-refractivity contribution in [2.24, 2.45) is 0 Å². The first-order valence-electron chi connectivity index (χ1n) is 12.8. The number of ketones is 1. The molecule has 2 atom stereocenters. The van der Waals surface area contributed by atoms with Crippen LogP contribution < -0.4 is 9.47 Å². The van der Waals surface area contributed by atoms with Crippen LogP contribution in [0.1, 0.15) is 55.8 Å². The monoisotopic (exact) mass is 492 g/mol. The van der Waals surface area contributed by atoms with Crippen LogP contribution in [0, 0.1) is 0 Å². The zero-order chi connectivity index (χ0) is 25.8. The van der Waals surface area contributed by atoms with Gasteiger partial charge in [0.1, 0.15) is 23.4 Å². The van der Waals surface area contributed by atoms with Crippen LogP contribution >= 0.6 is 0 Å². The molecule has 0 spiro atoms. The van der Waals surface area contributed by atoms with Crippen LogP contribution in [0.5, 0.6) is 11.5 Å². The Kier molecular flexibility index (Phi) is 7.99. The maximum absolute atomic E-state index is 13.3. The lowest BCUT2D eigenvalue weighted by Gasteiger charge is -2.27. The van der Waals surface area contributed by atoms with Gasteiger partial charge in [-0.05, 0) is 68.9 Å². The Morgan fingerprint density at radius 2 is 1.97 bits per heavy atom. The topological polar surface area (TPSA) is 79.3 Å². The second kappa shape index (κ2) is 11.2. The van der Waals surface area contributed by atoms with E-state index < -0.39 is 17.7 Å². The third kappa shape index (κ3) is 5.41. The number of hydrogen-bond acceptors (Lipinski definition) is 6. The molecular formula is C29H36N2O5. The second-order valence-electron chi connectivity index (χ2n) is 9.88. The highest BCUT2D eigenvalue weighted by atomic mass is 16.5. The van der Waals surface area contributed by atoms with Crippen molar-refractivity contribution >= 4 is 17.4 Å². The summed E-state index contributed by atoms with van der Waals surface area (Å²) in [6.45, 7) is 5.69. The summed E-state index contributed by atoms with van der Waals surface area (Å²) in [4.78, 5) is 30.0. The van der Waals surface area contributed by atoms with Crippen molar-refractivity contribution < 1.29 is 24.2 Å². The number of carbonyl (C=O) groups excluding carboxylic acids is 2. The summed E-state index contributed by atoms with van der Waals surface area (Å²) in [6, 6.07) is 12.2. The van der Waals surface area contributed by atoms with Gasteiger partial charge in [-0.15, -0.1) is 0 Å². The van der Waals surface area contributed by atoms with Crippen molar-refractivity contribution in [2.45, 2.75) is 51.7 Å². The number of likely N-dealkylation sites (tertiary alicyclic amines) is 1. The number of benzene rings is 2. The summed E-state index contributed by atoms with van der Waals surface area (Å²) in [7, 11) is 3.84. The predicted octanol–water partition coefficient (Wildman–Crippen LogP) is 4.56. The molecule has 0 unspecified atom stereocenters. The number of Topliss-reactive ketones (excluding diaryl/α,β-unsaturated/α-hetero) is 1. The van der Waals surface area contributed by atoms with Gasteiger partial charge in [0.2, 0.25) is 0 Å². The van der Waals surface area contributed by atoms with Gasteiger partial charge in [0.25, 0.3) is 11.7 Å². The minimum atomic E-state index is -0.701. The molecule has 7 heteroatoms. The molecule has 2 heterocycles. The second-order valence-corrected chi connectivity index (χ2v) is 9.88. The number of hydrogen-bond donors (Lipinski definition) is 1. The van der Waals surface area contributed by atoms with Crippen molar-refractivity contribution in [3.05, 3.63) is 64.7 Å². The molecule has 1 N–H and O–H groups in total. The molecule has 2 aromatic rings. The molecule has 0 saturated carbocycles. The summed E-state index contributed by atoms with van der Waals surface area (Å²) in [5.41, 5.74) is 2.33. The number of ether oxygens (including phenoxy) is 2. The summed E-state index contributed by atoms with van der Waals surface area (Å²) < 4.78 is 11.7. The van der Waals surface area contributed by atoms with Crippen LogP contribution in [-0.4, -0.2) is 66.5 Å². The van der Waals surface area contributed by atoms with Gasteiger partial charge in [-0.3, -0.25) is 9.59 Å². The van der Waals surface area contributed by atoms with Crippen LogP contribution in [0.3, 0.4) is 0 Å². The fraction of sp³-hybridized carbons (Fsp3) is 0.448. The van der Waals surface area contributed by atoms with E-state index >= 15 is 0 Å². The average molecular weight is 493 g/mol. The molecule has 2 aliphatic rings. The van der Waals surface area contributed by atoms with Gasteiger partial charge in [-0.2, -0.15) is 0 Å². The fourth-order valence-electron chi connectivity index (χ4n) is 4.81. The number of rotatable bonds is 10. The lowest BCUT2D eigenvalue weighted by molar-refractivity contribution is -0.140. The molecular weight excluding hydrogens is 456 g/mol. The van der Waals surface area contributed by atoms with E-state index in [-0.39, 0.29) is 17.4 Å². The third-order valence-electron chi connectivity index (χ3n) is 6.69. The van der Waals surface area contributed by atoms with Crippen molar-refractivity contribution in [2.75, 3.05) is 33.8 Å². The fourth-order valence-corrected chi connectivity index (χ4v) is 4.81. The molecule has 7 nitrogen and oxygen atoms in total. The summed E-state index contributed by atoms with van der Waals surface area (Å²) in [5.74, 6) is 0.0363. The summed E-state index contributed by atoms with van der Waals surface area (Å²) in [6.07, 6.45) is 3.96. The highest BCUT2D eigenvalue weighted by molar-refractivity contribution is 6.46. The predicted molar refractivity (Wildman–Crippen MR) is 139 cm³/mol. The van der Waals surface area contributed by atoms with Crippen LogP contribution in [0.2, 0.25) is 0 Å². The quantitative estimate of drug-likeness (QED) is 0.227. The molecule has 2 aliphatic heterocycles. The Hall–Kier alpha value is -3.32. The van der Waals surface area contributed by atoms with Crippen molar-refractivity contribution in [1.29, 1.82) is 0 Å². The van der Waals surface area contributed by atoms with E-state index in [0.29, 0.717) is 31.0 Å². The Morgan fingerprint density at radius 3 is 2.72 bits per heavy atom. The van der Waals surface area contributed by atoms with E-state index in [0.717, 1.165) is 42.6 Å². The van der Waals surface area contributed by atoms with Crippen LogP contribution in [0.25, 0.3) is 5.76 Å². The van der Waals surface area contributed by atoms with Crippen molar-refractivity contribution in [3.8, 4) is 11.5 Å². The van der Waals surface area contributed by atoms with E-state index in [4.69, 9.17) is 9.47 Å². The van der Waals surface area contributed by atoms with Gasteiger partial charge in [-0.1, -0.05) is 31.9 Å². The minimum absolute atomic E-state index is 0.0640. The van der Waals surface area contributed by atoms with E-state index in [1.54, 1.807) is 11.0 Å². The molecule has 0 aromatic heterocycles. The van der Waals surface area contributed by atoms with E-state index in [9.17, 15) is 14.7 Å². The number of aliphatic hydroxyl groups is 1.